The van der Waals surface area contributed by atoms with Crippen LogP contribution in [0.15, 0.2) is 36.9 Å². The summed E-state index contributed by atoms with van der Waals surface area (Å²) in [7, 11) is 0. The molecule has 0 saturated heterocycles. The molecule has 0 saturated carbocycles. The van der Waals surface area contributed by atoms with Gasteiger partial charge in [0, 0.05) is 0 Å². The number of aliphatic carboxylic acids is 1. The fraction of sp³-hybridized carbons (Fsp3) is 0. The molecule has 0 radical (unpaired) electrons. The molecule has 58 valence electrons. The zero-order valence-corrected chi connectivity index (χ0v) is 6.95. The SMILES string of the molecule is C=C(C(=O)O)c1ccccc1.[H-].[Li+]. The molecule has 0 fully saturated rings. The molecule has 0 spiro atoms. The van der Waals surface area contributed by atoms with Crippen LogP contribution in [0.2, 0.25) is 0 Å². The topological polar surface area (TPSA) is 37.3 Å². The predicted octanol–water partition coefficient (Wildman–Crippen LogP) is -1.10. The first-order chi connectivity index (χ1) is 5.22. The molecule has 1 aromatic carbocycles. The number of hydrogen-bond donors (Lipinski definition) is 1. The van der Waals surface area contributed by atoms with E-state index in [0.29, 0.717) is 5.56 Å². The van der Waals surface area contributed by atoms with Crippen LogP contribution in [0.1, 0.15) is 6.99 Å². The van der Waals surface area contributed by atoms with Crippen molar-refractivity contribution in [3.8, 4) is 0 Å². The molecule has 1 N–H and O–H groups in total. The molecule has 0 heterocycles. The zero-order chi connectivity index (χ0) is 8.27. The van der Waals surface area contributed by atoms with Gasteiger partial charge >= 0.3 is 24.8 Å². The van der Waals surface area contributed by atoms with Gasteiger partial charge in [-0.05, 0) is 5.56 Å². The molecular weight excluding hydrogens is 147 g/mol. The van der Waals surface area contributed by atoms with Crippen LogP contribution < -0.4 is 18.9 Å². The van der Waals surface area contributed by atoms with Gasteiger partial charge in [0.15, 0.2) is 0 Å². The van der Waals surface area contributed by atoms with E-state index in [1.165, 1.54) is 0 Å². The Bertz CT molecular complexity index is 285. The van der Waals surface area contributed by atoms with Crippen molar-refractivity contribution < 1.29 is 30.2 Å². The second-order valence-corrected chi connectivity index (χ2v) is 2.15. The largest absolute Gasteiger partial charge is 1.00 e. The molecule has 2 nitrogen and oxygen atoms in total. The molecule has 3 heteroatoms. The van der Waals surface area contributed by atoms with Gasteiger partial charge in [0.2, 0.25) is 0 Å². The minimum atomic E-state index is -0.976. The zero-order valence-electron chi connectivity index (χ0n) is 7.95. The third-order valence-corrected chi connectivity index (χ3v) is 1.38. The summed E-state index contributed by atoms with van der Waals surface area (Å²) >= 11 is 0. The van der Waals surface area contributed by atoms with Crippen LogP contribution in [0.3, 0.4) is 0 Å². The molecule has 0 aliphatic rings. The summed E-state index contributed by atoms with van der Waals surface area (Å²) < 4.78 is 0. The second-order valence-electron chi connectivity index (χ2n) is 2.15. The predicted molar refractivity (Wildman–Crippen MR) is 44.2 cm³/mol. The second kappa shape index (κ2) is 4.82. The van der Waals surface area contributed by atoms with Crippen LogP contribution >= 0.6 is 0 Å². The monoisotopic (exact) mass is 156 g/mol. The Morgan fingerprint density at radius 3 is 2.25 bits per heavy atom. The van der Waals surface area contributed by atoms with E-state index in [-0.39, 0.29) is 25.9 Å². The number of carbonyl (C=O) groups is 1. The van der Waals surface area contributed by atoms with Gasteiger partial charge in [0.1, 0.15) is 0 Å². The van der Waals surface area contributed by atoms with E-state index in [0.717, 1.165) is 0 Å². The molecule has 0 bridgehead atoms. The fourth-order valence-corrected chi connectivity index (χ4v) is 0.763. The smallest absolute Gasteiger partial charge is 1.00 e. The van der Waals surface area contributed by atoms with Gasteiger partial charge in [-0.25, -0.2) is 4.79 Å². The Morgan fingerprint density at radius 1 is 1.33 bits per heavy atom. The van der Waals surface area contributed by atoms with Crippen LogP contribution in [-0.2, 0) is 4.79 Å². The summed E-state index contributed by atoms with van der Waals surface area (Å²) in [6, 6.07) is 8.83. The molecule has 0 amide bonds. The summed E-state index contributed by atoms with van der Waals surface area (Å²) in [5.41, 5.74) is 0.783. The van der Waals surface area contributed by atoms with Crippen LogP contribution in [0, 0.1) is 0 Å². The average molecular weight is 156 g/mol. The van der Waals surface area contributed by atoms with Crippen molar-refractivity contribution in [2.45, 2.75) is 0 Å². The van der Waals surface area contributed by atoms with E-state index < -0.39 is 5.97 Å². The molecule has 1 rings (SSSR count). The maximum atomic E-state index is 10.4. The van der Waals surface area contributed by atoms with E-state index in [4.69, 9.17) is 5.11 Å². The number of benzene rings is 1. The van der Waals surface area contributed by atoms with E-state index in [1.807, 2.05) is 6.07 Å². The average Bonchev–Trinajstić information content (AvgIpc) is 2.05. The Kier molecular flexibility index (Phi) is 4.42. The summed E-state index contributed by atoms with van der Waals surface area (Å²) in [6.07, 6.45) is 0. The van der Waals surface area contributed by atoms with Gasteiger partial charge in [-0.2, -0.15) is 0 Å². The van der Waals surface area contributed by atoms with Crippen molar-refractivity contribution in [1.82, 2.24) is 0 Å². The quantitative estimate of drug-likeness (QED) is 0.436. The Hall–Kier alpha value is -0.973. The van der Waals surface area contributed by atoms with Gasteiger partial charge in [0.05, 0.1) is 5.57 Å². The Labute approximate surface area is 84.6 Å². The Balaban J connectivity index is 0. The maximum absolute atomic E-state index is 10.4. The third kappa shape index (κ3) is 2.58. The van der Waals surface area contributed by atoms with Crippen molar-refractivity contribution >= 4 is 11.5 Å². The fourth-order valence-electron chi connectivity index (χ4n) is 0.763. The first-order valence-corrected chi connectivity index (χ1v) is 3.19. The van der Waals surface area contributed by atoms with Crippen molar-refractivity contribution in [3.05, 3.63) is 42.5 Å². The van der Waals surface area contributed by atoms with E-state index in [2.05, 4.69) is 6.58 Å². The van der Waals surface area contributed by atoms with Crippen LogP contribution in [0.5, 0.6) is 0 Å². The van der Waals surface area contributed by atoms with E-state index in [1.54, 1.807) is 24.3 Å². The first-order valence-electron chi connectivity index (χ1n) is 3.19. The minimum Gasteiger partial charge on any atom is -1.00 e. The van der Waals surface area contributed by atoms with Crippen molar-refractivity contribution in [3.63, 3.8) is 0 Å². The Morgan fingerprint density at radius 2 is 1.83 bits per heavy atom. The molecule has 12 heavy (non-hydrogen) atoms. The van der Waals surface area contributed by atoms with Crippen molar-refractivity contribution in [2.75, 3.05) is 0 Å². The first kappa shape index (κ1) is 11.0. The molecule has 0 unspecified atom stereocenters. The molecule has 1 aromatic rings. The van der Waals surface area contributed by atoms with Gasteiger partial charge in [-0.3, -0.25) is 0 Å². The number of carboxylic acids is 1. The number of hydrogen-bond acceptors (Lipinski definition) is 1. The normalized spacial score (nSPS) is 8.33. The standard InChI is InChI=1S/C9H8O2.Li.H/c1-7(9(10)11)8-5-3-2-4-6-8;;/h2-6H,1H2,(H,10,11);;/q;+1;-1. The van der Waals surface area contributed by atoms with E-state index >= 15 is 0 Å². The molecule has 0 aromatic heterocycles. The number of carboxylic acid groups (broad SMARTS) is 1. The van der Waals surface area contributed by atoms with Gasteiger partial charge in [-0.15, -0.1) is 0 Å². The van der Waals surface area contributed by atoms with Gasteiger partial charge in [-0.1, -0.05) is 36.9 Å². The molecule has 0 aliphatic carbocycles. The summed E-state index contributed by atoms with van der Waals surface area (Å²) in [5.74, 6) is -0.976. The van der Waals surface area contributed by atoms with Crippen LogP contribution in [-0.4, -0.2) is 11.1 Å². The maximum Gasteiger partial charge on any atom is 1.00 e. The molecular formula is C9H9LiO2. The van der Waals surface area contributed by atoms with Crippen LogP contribution in [0.25, 0.3) is 5.57 Å². The molecule has 0 aliphatic heterocycles. The molecule has 0 atom stereocenters. The summed E-state index contributed by atoms with van der Waals surface area (Å²) in [4.78, 5) is 10.4. The van der Waals surface area contributed by atoms with Crippen LogP contribution in [0.4, 0.5) is 0 Å². The van der Waals surface area contributed by atoms with Gasteiger partial charge in [0.25, 0.3) is 0 Å². The minimum absolute atomic E-state index is 0. The summed E-state index contributed by atoms with van der Waals surface area (Å²) in [5, 5.41) is 8.54. The third-order valence-electron chi connectivity index (χ3n) is 1.38. The van der Waals surface area contributed by atoms with Crippen molar-refractivity contribution in [1.29, 1.82) is 0 Å². The van der Waals surface area contributed by atoms with E-state index in [9.17, 15) is 4.79 Å². The van der Waals surface area contributed by atoms with Gasteiger partial charge < -0.3 is 6.53 Å². The number of rotatable bonds is 2. The summed E-state index contributed by atoms with van der Waals surface area (Å²) in [6.45, 7) is 3.42. The van der Waals surface area contributed by atoms with Crippen molar-refractivity contribution in [2.24, 2.45) is 0 Å².